The van der Waals surface area contributed by atoms with Gasteiger partial charge in [0.25, 0.3) is 11.8 Å². The molecule has 0 heterocycles. The van der Waals surface area contributed by atoms with Gasteiger partial charge in [0.1, 0.15) is 23.0 Å². The zero-order chi connectivity index (χ0) is 21.2. The monoisotopic (exact) mass is 402 g/mol. The molecule has 2 amide bonds. The molecule has 0 aliphatic heterocycles. The Morgan fingerprint density at radius 3 is 1.21 bits per heavy atom. The van der Waals surface area contributed by atoms with E-state index in [-0.39, 0.29) is 11.8 Å². The molecule has 2 N–H and O–H groups in total. The number of benzene rings is 2. The Morgan fingerprint density at radius 2 is 0.931 bits per heavy atom. The summed E-state index contributed by atoms with van der Waals surface area (Å²) in [7, 11) is 6.10. The lowest BCUT2D eigenvalue weighted by Crippen LogP contribution is -2.30. The molecule has 8 heteroatoms. The Kier molecular flexibility index (Phi) is 8.14. The molecule has 0 unspecified atom stereocenters. The summed E-state index contributed by atoms with van der Waals surface area (Å²) in [5.74, 6) is 1.66. The quantitative estimate of drug-likeness (QED) is 0.592. The molecule has 8 nitrogen and oxygen atoms in total. The largest absolute Gasteiger partial charge is 0.497 e. The maximum Gasteiger partial charge on any atom is 0.251 e. The number of ether oxygens (including phenoxy) is 4. The van der Waals surface area contributed by atoms with Crippen LogP contribution in [0.15, 0.2) is 36.4 Å². The molecule has 0 aliphatic rings. The number of amides is 2. The van der Waals surface area contributed by atoms with Gasteiger partial charge in [-0.1, -0.05) is 0 Å². The van der Waals surface area contributed by atoms with Crippen molar-refractivity contribution in [2.24, 2.45) is 0 Å². The number of methoxy groups -OCH3 is 4. The van der Waals surface area contributed by atoms with E-state index >= 15 is 0 Å². The molecule has 156 valence electrons. The number of carbonyl (C=O) groups is 2. The summed E-state index contributed by atoms with van der Waals surface area (Å²) in [6.45, 7) is 0.806. The summed E-state index contributed by atoms with van der Waals surface area (Å²) in [5, 5.41) is 5.62. The van der Waals surface area contributed by atoms with Crippen LogP contribution >= 0.6 is 0 Å². The summed E-state index contributed by atoms with van der Waals surface area (Å²) in [6.07, 6.45) is 0.569. The van der Waals surface area contributed by atoms with Gasteiger partial charge < -0.3 is 29.6 Å². The number of rotatable bonds is 10. The van der Waals surface area contributed by atoms with Gasteiger partial charge in [-0.05, 0) is 30.7 Å². The highest BCUT2D eigenvalue weighted by atomic mass is 16.5. The maximum absolute atomic E-state index is 12.3. The minimum atomic E-state index is -0.244. The van der Waals surface area contributed by atoms with Crippen molar-refractivity contribution < 1.29 is 28.5 Å². The summed E-state index contributed by atoms with van der Waals surface area (Å²) in [6, 6.07) is 9.93. The van der Waals surface area contributed by atoms with E-state index in [2.05, 4.69) is 10.6 Å². The third-order valence-corrected chi connectivity index (χ3v) is 4.15. The fraction of sp³-hybridized carbons (Fsp3) is 0.333. The predicted octanol–water partition coefficient (Wildman–Crippen LogP) is 2.27. The van der Waals surface area contributed by atoms with Crippen molar-refractivity contribution in [1.29, 1.82) is 0 Å². The average molecular weight is 402 g/mol. The first-order valence-electron chi connectivity index (χ1n) is 9.03. The van der Waals surface area contributed by atoms with E-state index in [9.17, 15) is 9.59 Å². The molecule has 0 fully saturated rings. The second-order valence-electron chi connectivity index (χ2n) is 6.07. The van der Waals surface area contributed by atoms with Gasteiger partial charge in [0.15, 0.2) is 0 Å². The molecule has 29 heavy (non-hydrogen) atoms. The van der Waals surface area contributed by atoms with Gasteiger partial charge in [0.2, 0.25) is 0 Å². The zero-order valence-electron chi connectivity index (χ0n) is 17.0. The van der Waals surface area contributed by atoms with Crippen molar-refractivity contribution in [2.75, 3.05) is 41.5 Å². The minimum absolute atomic E-state index is 0.244. The molecule has 0 saturated carbocycles. The van der Waals surface area contributed by atoms with Crippen LogP contribution in [0.25, 0.3) is 0 Å². The van der Waals surface area contributed by atoms with Crippen molar-refractivity contribution >= 4 is 11.8 Å². The highest BCUT2D eigenvalue weighted by Gasteiger charge is 2.11. The zero-order valence-corrected chi connectivity index (χ0v) is 17.0. The van der Waals surface area contributed by atoms with Crippen LogP contribution in [0, 0.1) is 0 Å². The van der Waals surface area contributed by atoms with E-state index in [1.54, 1.807) is 36.4 Å². The van der Waals surface area contributed by atoms with Crippen molar-refractivity contribution in [3.8, 4) is 23.0 Å². The van der Waals surface area contributed by atoms with Crippen molar-refractivity contribution in [2.45, 2.75) is 6.42 Å². The summed E-state index contributed by atoms with van der Waals surface area (Å²) in [5.41, 5.74) is 0.877. The molecule has 0 saturated heterocycles. The summed E-state index contributed by atoms with van der Waals surface area (Å²) < 4.78 is 20.7. The average Bonchev–Trinajstić information content (AvgIpc) is 2.77. The standard InChI is InChI=1S/C21H26N2O6/c1-26-16-8-14(9-17(12-16)27-2)20(24)22-6-5-7-23-21(25)15-10-18(28-3)13-19(11-15)29-4/h8-13H,5-7H2,1-4H3,(H,22,24)(H,23,25). The predicted molar refractivity (Wildman–Crippen MR) is 108 cm³/mol. The number of carbonyl (C=O) groups excluding carboxylic acids is 2. The van der Waals surface area contributed by atoms with Crippen LogP contribution in [0.3, 0.4) is 0 Å². The molecule has 0 aromatic heterocycles. The van der Waals surface area contributed by atoms with E-state index in [4.69, 9.17) is 18.9 Å². The van der Waals surface area contributed by atoms with Gasteiger partial charge >= 0.3 is 0 Å². The van der Waals surface area contributed by atoms with Crippen molar-refractivity contribution in [3.05, 3.63) is 47.5 Å². The summed E-state index contributed by atoms with van der Waals surface area (Å²) in [4.78, 5) is 24.6. The second-order valence-corrected chi connectivity index (χ2v) is 6.07. The first-order valence-corrected chi connectivity index (χ1v) is 9.03. The van der Waals surface area contributed by atoms with Gasteiger partial charge in [0.05, 0.1) is 28.4 Å². The van der Waals surface area contributed by atoms with Crippen LogP contribution in [0.5, 0.6) is 23.0 Å². The minimum Gasteiger partial charge on any atom is -0.497 e. The molecule has 0 bridgehead atoms. The lowest BCUT2D eigenvalue weighted by Gasteiger charge is -2.10. The van der Waals surface area contributed by atoms with Crippen molar-refractivity contribution in [1.82, 2.24) is 10.6 Å². The van der Waals surface area contributed by atoms with E-state index in [0.29, 0.717) is 53.6 Å². The molecular formula is C21H26N2O6. The van der Waals surface area contributed by atoms with Gasteiger partial charge in [-0.15, -0.1) is 0 Å². The third kappa shape index (κ3) is 6.31. The van der Waals surface area contributed by atoms with E-state index in [0.717, 1.165) is 0 Å². The lowest BCUT2D eigenvalue weighted by molar-refractivity contribution is 0.0951. The Bertz CT molecular complexity index is 739. The molecule has 2 aromatic carbocycles. The van der Waals surface area contributed by atoms with E-state index < -0.39 is 0 Å². The van der Waals surface area contributed by atoms with Crippen LogP contribution in [-0.2, 0) is 0 Å². The van der Waals surface area contributed by atoms with Crippen LogP contribution in [0.4, 0.5) is 0 Å². The molecule has 2 rings (SSSR count). The smallest absolute Gasteiger partial charge is 0.251 e. The first-order chi connectivity index (χ1) is 14.0. The molecular weight excluding hydrogens is 376 g/mol. The first kappa shape index (κ1) is 21.9. The highest BCUT2D eigenvalue weighted by molar-refractivity contribution is 5.95. The van der Waals surface area contributed by atoms with Gasteiger partial charge in [-0.25, -0.2) is 0 Å². The lowest BCUT2D eigenvalue weighted by atomic mass is 10.2. The third-order valence-electron chi connectivity index (χ3n) is 4.15. The molecule has 0 atom stereocenters. The topological polar surface area (TPSA) is 95.1 Å². The van der Waals surface area contributed by atoms with Crippen LogP contribution in [0.2, 0.25) is 0 Å². The number of nitrogens with one attached hydrogen (secondary N) is 2. The molecule has 0 aliphatic carbocycles. The second kappa shape index (κ2) is 10.8. The molecule has 0 radical (unpaired) electrons. The highest BCUT2D eigenvalue weighted by Crippen LogP contribution is 2.23. The fourth-order valence-corrected chi connectivity index (χ4v) is 2.57. The Balaban J connectivity index is 1.82. The van der Waals surface area contributed by atoms with Gasteiger partial charge in [-0.2, -0.15) is 0 Å². The van der Waals surface area contributed by atoms with Gasteiger partial charge in [-0.3, -0.25) is 9.59 Å². The maximum atomic E-state index is 12.3. The number of hydrogen-bond donors (Lipinski definition) is 2. The fourth-order valence-electron chi connectivity index (χ4n) is 2.57. The molecule has 0 spiro atoms. The summed E-state index contributed by atoms with van der Waals surface area (Å²) >= 11 is 0. The Hall–Kier alpha value is -3.42. The van der Waals surface area contributed by atoms with E-state index in [1.807, 2.05) is 0 Å². The SMILES string of the molecule is COc1cc(OC)cc(C(=O)NCCCNC(=O)c2cc(OC)cc(OC)c2)c1. The van der Waals surface area contributed by atoms with E-state index in [1.165, 1.54) is 28.4 Å². The van der Waals surface area contributed by atoms with Crippen LogP contribution in [0.1, 0.15) is 27.1 Å². The Labute approximate surface area is 170 Å². The molecule has 2 aromatic rings. The van der Waals surface area contributed by atoms with Crippen molar-refractivity contribution in [3.63, 3.8) is 0 Å². The van der Waals surface area contributed by atoms with Crippen LogP contribution < -0.4 is 29.6 Å². The number of hydrogen-bond acceptors (Lipinski definition) is 6. The Morgan fingerprint density at radius 1 is 0.621 bits per heavy atom. The van der Waals surface area contributed by atoms with Gasteiger partial charge in [0, 0.05) is 36.3 Å². The van der Waals surface area contributed by atoms with Crippen LogP contribution in [-0.4, -0.2) is 53.3 Å². The normalized spacial score (nSPS) is 10.1.